The number of hydrogen-bond acceptors (Lipinski definition) is 3. The Morgan fingerprint density at radius 2 is 2.12 bits per heavy atom. The minimum Gasteiger partial charge on any atom is -0.392 e. The summed E-state index contributed by atoms with van der Waals surface area (Å²) in [6.07, 6.45) is 0. The van der Waals surface area contributed by atoms with E-state index in [-0.39, 0.29) is 18.4 Å². The lowest BCUT2D eigenvalue weighted by Crippen LogP contribution is -2.40. The maximum absolute atomic E-state index is 11.7. The smallest absolute Gasteiger partial charge is 0.246 e. The first-order valence-corrected chi connectivity index (χ1v) is 5.30. The lowest BCUT2D eigenvalue weighted by Gasteiger charge is -2.13. The standard InChI is InChI=1S/C12H16N2O3/c1-8(13-9(2)16)12(17)14-11-5-3-4-10(6-11)7-15/h3-6,8,15H,7H2,1-2H3,(H,13,16)(H,14,17). The molecular formula is C12H16N2O3. The van der Waals surface area contributed by atoms with Crippen molar-refractivity contribution < 1.29 is 14.7 Å². The average Bonchev–Trinajstić information content (AvgIpc) is 2.28. The van der Waals surface area contributed by atoms with Crippen LogP contribution in [0.5, 0.6) is 0 Å². The topological polar surface area (TPSA) is 78.4 Å². The lowest BCUT2D eigenvalue weighted by atomic mass is 10.2. The largest absolute Gasteiger partial charge is 0.392 e. The Bertz CT molecular complexity index is 418. The normalized spacial score (nSPS) is 11.7. The zero-order chi connectivity index (χ0) is 12.8. The predicted octanol–water partition coefficient (Wildman–Crippen LogP) is 0.642. The molecule has 0 fully saturated rings. The van der Waals surface area contributed by atoms with Crippen molar-refractivity contribution >= 4 is 17.5 Å². The summed E-state index contributed by atoms with van der Waals surface area (Å²) in [6, 6.07) is 6.30. The second-order valence-electron chi connectivity index (χ2n) is 3.77. The summed E-state index contributed by atoms with van der Waals surface area (Å²) in [4.78, 5) is 22.4. The second kappa shape index (κ2) is 6.00. The summed E-state index contributed by atoms with van der Waals surface area (Å²) >= 11 is 0. The molecule has 0 saturated heterocycles. The van der Waals surface area contributed by atoms with E-state index in [0.717, 1.165) is 5.56 Å². The molecule has 1 aromatic rings. The van der Waals surface area contributed by atoms with Crippen LogP contribution in [0.15, 0.2) is 24.3 Å². The van der Waals surface area contributed by atoms with Gasteiger partial charge in [0.1, 0.15) is 6.04 Å². The highest BCUT2D eigenvalue weighted by atomic mass is 16.3. The molecule has 0 bridgehead atoms. The van der Waals surface area contributed by atoms with Crippen molar-refractivity contribution in [3.63, 3.8) is 0 Å². The Morgan fingerprint density at radius 3 is 2.71 bits per heavy atom. The van der Waals surface area contributed by atoms with Gasteiger partial charge in [0.05, 0.1) is 6.61 Å². The third-order valence-corrected chi connectivity index (χ3v) is 2.19. The second-order valence-corrected chi connectivity index (χ2v) is 3.77. The Balaban J connectivity index is 2.64. The summed E-state index contributed by atoms with van der Waals surface area (Å²) in [5, 5.41) is 14.1. The predicted molar refractivity (Wildman–Crippen MR) is 64.3 cm³/mol. The van der Waals surface area contributed by atoms with Crippen LogP contribution < -0.4 is 10.6 Å². The Labute approximate surface area is 99.8 Å². The molecule has 17 heavy (non-hydrogen) atoms. The number of aliphatic hydroxyl groups is 1. The first kappa shape index (κ1) is 13.2. The van der Waals surface area contributed by atoms with Gasteiger partial charge < -0.3 is 15.7 Å². The number of rotatable bonds is 4. The molecular weight excluding hydrogens is 220 g/mol. The maximum Gasteiger partial charge on any atom is 0.246 e. The van der Waals surface area contributed by atoms with Crippen molar-refractivity contribution in [3.05, 3.63) is 29.8 Å². The minimum atomic E-state index is -0.592. The van der Waals surface area contributed by atoms with Crippen LogP contribution >= 0.6 is 0 Å². The highest BCUT2D eigenvalue weighted by molar-refractivity contribution is 5.96. The highest BCUT2D eigenvalue weighted by Gasteiger charge is 2.13. The molecule has 1 aromatic carbocycles. The van der Waals surface area contributed by atoms with E-state index in [1.165, 1.54) is 6.92 Å². The molecule has 1 unspecified atom stereocenters. The summed E-state index contributed by atoms with van der Waals surface area (Å²) in [6.45, 7) is 2.88. The van der Waals surface area contributed by atoms with Gasteiger partial charge in [0, 0.05) is 12.6 Å². The molecule has 2 amide bonds. The summed E-state index contributed by atoms with van der Waals surface area (Å²) in [7, 11) is 0. The van der Waals surface area contributed by atoms with Crippen LogP contribution in [0.3, 0.4) is 0 Å². The minimum absolute atomic E-state index is 0.0784. The van der Waals surface area contributed by atoms with Gasteiger partial charge in [-0.3, -0.25) is 9.59 Å². The van der Waals surface area contributed by atoms with Crippen molar-refractivity contribution in [1.29, 1.82) is 0 Å². The fourth-order valence-electron chi connectivity index (χ4n) is 1.37. The van der Waals surface area contributed by atoms with E-state index >= 15 is 0 Å². The van der Waals surface area contributed by atoms with Gasteiger partial charge in [-0.1, -0.05) is 12.1 Å². The van der Waals surface area contributed by atoms with E-state index < -0.39 is 6.04 Å². The third kappa shape index (κ3) is 4.24. The van der Waals surface area contributed by atoms with Gasteiger partial charge in [0.2, 0.25) is 11.8 Å². The number of anilines is 1. The van der Waals surface area contributed by atoms with Crippen LogP contribution in [0.1, 0.15) is 19.4 Å². The van der Waals surface area contributed by atoms with Gasteiger partial charge in [0.25, 0.3) is 0 Å². The Hall–Kier alpha value is -1.88. The molecule has 0 heterocycles. The molecule has 0 radical (unpaired) electrons. The molecule has 92 valence electrons. The number of amides is 2. The van der Waals surface area contributed by atoms with E-state index in [0.29, 0.717) is 5.69 Å². The summed E-state index contributed by atoms with van der Waals surface area (Å²) in [5.74, 6) is -0.549. The Kier molecular flexibility index (Phi) is 4.66. The molecule has 1 rings (SSSR count). The van der Waals surface area contributed by atoms with Gasteiger partial charge in [-0.2, -0.15) is 0 Å². The van der Waals surface area contributed by atoms with Gasteiger partial charge in [0.15, 0.2) is 0 Å². The molecule has 3 N–H and O–H groups in total. The molecule has 0 spiro atoms. The molecule has 0 aliphatic rings. The summed E-state index contributed by atoms with van der Waals surface area (Å²) < 4.78 is 0. The number of hydrogen-bond donors (Lipinski definition) is 3. The van der Waals surface area contributed by atoms with Crippen LogP contribution in [0.2, 0.25) is 0 Å². The fraction of sp³-hybridized carbons (Fsp3) is 0.333. The number of aliphatic hydroxyl groups excluding tert-OH is 1. The summed E-state index contributed by atoms with van der Waals surface area (Å²) in [5.41, 5.74) is 1.31. The lowest BCUT2D eigenvalue weighted by molar-refractivity contribution is -0.124. The molecule has 0 aliphatic heterocycles. The van der Waals surface area contributed by atoms with Gasteiger partial charge in [-0.15, -0.1) is 0 Å². The SMILES string of the molecule is CC(=O)NC(C)C(=O)Nc1cccc(CO)c1. The van der Waals surface area contributed by atoms with Crippen LogP contribution in [0, 0.1) is 0 Å². The van der Waals surface area contributed by atoms with Crippen LogP contribution in [-0.2, 0) is 16.2 Å². The van der Waals surface area contributed by atoms with Gasteiger partial charge in [-0.05, 0) is 24.6 Å². The van der Waals surface area contributed by atoms with Crippen molar-refractivity contribution in [2.45, 2.75) is 26.5 Å². The van der Waals surface area contributed by atoms with Crippen LogP contribution in [-0.4, -0.2) is 23.0 Å². The third-order valence-electron chi connectivity index (χ3n) is 2.19. The van der Waals surface area contributed by atoms with Crippen molar-refractivity contribution in [2.75, 3.05) is 5.32 Å². The van der Waals surface area contributed by atoms with E-state index in [1.54, 1.807) is 31.2 Å². The highest BCUT2D eigenvalue weighted by Crippen LogP contribution is 2.10. The van der Waals surface area contributed by atoms with Crippen molar-refractivity contribution in [2.24, 2.45) is 0 Å². The maximum atomic E-state index is 11.7. The van der Waals surface area contributed by atoms with Crippen molar-refractivity contribution in [3.8, 4) is 0 Å². The van der Waals surface area contributed by atoms with Crippen molar-refractivity contribution in [1.82, 2.24) is 5.32 Å². The molecule has 0 aliphatic carbocycles. The number of benzene rings is 1. The van der Waals surface area contributed by atoms with Gasteiger partial charge >= 0.3 is 0 Å². The van der Waals surface area contributed by atoms with Crippen LogP contribution in [0.4, 0.5) is 5.69 Å². The molecule has 5 heteroatoms. The molecule has 0 aromatic heterocycles. The van der Waals surface area contributed by atoms with E-state index in [4.69, 9.17) is 5.11 Å². The van der Waals surface area contributed by atoms with E-state index in [2.05, 4.69) is 10.6 Å². The fourth-order valence-corrected chi connectivity index (χ4v) is 1.37. The quantitative estimate of drug-likeness (QED) is 0.718. The zero-order valence-corrected chi connectivity index (χ0v) is 9.86. The first-order chi connectivity index (χ1) is 8.02. The van der Waals surface area contributed by atoms with E-state index in [9.17, 15) is 9.59 Å². The number of nitrogens with one attached hydrogen (secondary N) is 2. The molecule has 5 nitrogen and oxygen atoms in total. The van der Waals surface area contributed by atoms with E-state index in [1.807, 2.05) is 0 Å². The Morgan fingerprint density at radius 1 is 1.41 bits per heavy atom. The van der Waals surface area contributed by atoms with Crippen LogP contribution in [0.25, 0.3) is 0 Å². The zero-order valence-electron chi connectivity index (χ0n) is 9.86. The monoisotopic (exact) mass is 236 g/mol. The average molecular weight is 236 g/mol. The van der Waals surface area contributed by atoms with Gasteiger partial charge in [-0.25, -0.2) is 0 Å². The number of carbonyl (C=O) groups is 2. The molecule has 1 atom stereocenters. The molecule has 0 saturated carbocycles. The first-order valence-electron chi connectivity index (χ1n) is 5.30. The number of carbonyl (C=O) groups excluding carboxylic acids is 2.